The summed E-state index contributed by atoms with van der Waals surface area (Å²) < 4.78 is 23.3. The van der Waals surface area contributed by atoms with E-state index in [2.05, 4.69) is 43.5 Å². The molecule has 0 saturated heterocycles. The van der Waals surface area contributed by atoms with Crippen LogP contribution < -0.4 is 10.2 Å². The van der Waals surface area contributed by atoms with Crippen LogP contribution in [0.25, 0.3) is 0 Å². The number of hydrogen-bond acceptors (Lipinski definition) is 6. The Bertz CT molecular complexity index is 1280. The normalized spacial score (nSPS) is 14.0. The number of unbranched alkanes of at least 4 members (excludes halogenated alkanes) is 42. The molecule has 0 bridgehead atoms. The molecular formula is C64H125N2O6P. The molecule has 0 rings (SSSR count). The minimum absolute atomic E-state index is 0.000147. The van der Waals surface area contributed by atoms with Gasteiger partial charge in [-0.15, -0.1) is 0 Å². The molecule has 3 unspecified atom stereocenters. The summed E-state index contributed by atoms with van der Waals surface area (Å²) in [5.41, 5.74) is 0. The SMILES string of the molecule is CCCCCCCCCCCC/C=C/C(O)C(COP(=O)([O-])OCC[N+](C)(C)C)NC(=O)CCCCCCCCCCCCCCCCCCC/C=C\C/C=C\CCCCCCCCCCCCCCCCC. The van der Waals surface area contributed by atoms with E-state index < -0.39 is 20.0 Å². The van der Waals surface area contributed by atoms with Gasteiger partial charge in [0.15, 0.2) is 0 Å². The molecule has 0 spiro atoms. The number of allylic oxidation sites excluding steroid dienone is 5. The van der Waals surface area contributed by atoms with Crippen LogP contribution in [-0.4, -0.2) is 68.5 Å². The largest absolute Gasteiger partial charge is 0.756 e. The van der Waals surface area contributed by atoms with Crippen molar-refractivity contribution in [3.05, 3.63) is 36.5 Å². The lowest BCUT2D eigenvalue weighted by atomic mass is 10.0. The van der Waals surface area contributed by atoms with E-state index in [0.29, 0.717) is 17.4 Å². The van der Waals surface area contributed by atoms with Crippen molar-refractivity contribution in [1.29, 1.82) is 0 Å². The lowest BCUT2D eigenvalue weighted by Gasteiger charge is -2.29. The van der Waals surface area contributed by atoms with Crippen molar-refractivity contribution >= 4 is 13.7 Å². The number of aliphatic hydroxyl groups excluding tert-OH is 1. The summed E-state index contributed by atoms with van der Waals surface area (Å²) in [5, 5.41) is 13.8. The van der Waals surface area contributed by atoms with Crippen molar-refractivity contribution in [2.45, 2.75) is 328 Å². The van der Waals surface area contributed by atoms with Gasteiger partial charge in [-0.25, -0.2) is 0 Å². The van der Waals surface area contributed by atoms with Gasteiger partial charge in [-0.1, -0.05) is 294 Å². The second kappa shape index (κ2) is 55.5. The molecular weight excluding hydrogens is 924 g/mol. The number of carbonyl (C=O) groups excluding carboxylic acids is 1. The first-order chi connectivity index (χ1) is 35.5. The van der Waals surface area contributed by atoms with Gasteiger partial charge in [-0.2, -0.15) is 0 Å². The maximum Gasteiger partial charge on any atom is 0.268 e. The first-order valence-corrected chi connectivity index (χ1v) is 33.3. The lowest BCUT2D eigenvalue weighted by molar-refractivity contribution is -0.870. The number of carbonyl (C=O) groups is 1. The van der Waals surface area contributed by atoms with Crippen molar-refractivity contribution in [2.24, 2.45) is 0 Å². The van der Waals surface area contributed by atoms with Gasteiger partial charge in [0.25, 0.3) is 7.82 Å². The standard InChI is InChI=1S/C64H125N2O6P/c1-6-8-10-12-14-16-18-20-21-22-23-24-25-26-27-28-29-30-31-32-33-34-35-36-37-38-39-40-41-42-43-44-45-46-48-50-52-54-56-58-64(68)65-62(61-72-73(69,70)71-60-59-66(3,4)5)63(67)57-55-53-51-49-47-19-17-15-13-11-9-7-2/h29-30,32-33,55,57,62-63,67H,6-28,31,34-54,56,58-61H2,1-5H3,(H-,65,68,69,70)/b30-29-,33-32-,57-55+. The molecule has 432 valence electrons. The van der Waals surface area contributed by atoms with Crippen LogP contribution in [0.3, 0.4) is 0 Å². The fourth-order valence-electron chi connectivity index (χ4n) is 9.60. The summed E-state index contributed by atoms with van der Waals surface area (Å²) in [4.78, 5) is 25.4. The molecule has 0 saturated carbocycles. The summed E-state index contributed by atoms with van der Waals surface area (Å²) >= 11 is 0. The molecule has 73 heavy (non-hydrogen) atoms. The third-order valence-corrected chi connectivity index (χ3v) is 15.6. The predicted octanol–water partition coefficient (Wildman–Crippen LogP) is 19.1. The van der Waals surface area contributed by atoms with Crippen LogP contribution in [0.2, 0.25) is 0 Å². The maximum atomic E-state index is 12.9. The Morgan fingerprint density at radius 1 is 0.479 bits per heavy atom. The Kier molecular flexibility index (Phi) is 54.5. The number of rotatable bonds is 59. The van der Waals surface area contributed by atoms with E-state index in [-0.39, 0.29) is 19.1 Å². The Morgan fingerprint density at radius 2 is 0.795 bits per heavy atom. The highest BCUT2D eigenvalue weighted by Crippen LogP contribution is 2.38. The van der Waals surface area contributed by atoms with Crippen LogP contribution in [0.15, 0.2) is 36.5 Å². The average Bonchev–Trinajstić information content (AvgIpc) is 3.35. The van der Waals surface area contributed by atoms with E-state index in [9.17, 15) is 19.4 Å². The molecule has 0 heterocycles. The Morgan fingerprint density at radius 3 is 1.14 bits per heavy atom. The van der Waals surface area contributed by atoms with Gasteiger partial charge in [0.1, 0.15) is 13.2 Å². The molecule has 0 fully saturated rings. The van der Waals surface area contributed by atoms with Gasteiger partial charge in [0.05, 0.1) is 39.9 Å². The number of quaternary nitrogens is 1. The van der Waals surface area contributed by atoms with E-state index in [1.165, 1.54) is 250 Å². The van der Waals surface area contributed by atoms with Crippen LogP contribution in [-0.2, 0) is 18.4 Å². The minimum atomic E-state index is -4.59. The third kappa shape index (κ3) is 58.2. The maximum absolute atomic E-state index is 12.9. The number of nitrogens with one attached hydrogen (secondary N) is 1. The van der Waals surface area contributed by atoms with Crippen molar-refractivity contribution < 1.29 is 32.9 Å². The summed E-state index contributed by atoms with van der Waals surface area (Å²) in [7, 11) is 1.27. The number of nitrogens with zero attached hydrogens (tertiary/aromatic N) is 1. The number of aliphatic hydroxyl groups is 1. The molecule has 2 N–H and O–H groups in total. The summed E-state index contributed by atoms with van der Waals surface area (Å²) in [6.45, 7) is 4.67. The van der Waals surface area contributed by atoms with Gasteiger partial charge in [0.2, 0.25) is 5.91 Å². The van der Waals surface area contributed by atoms with E-state index in [1.807, 2.05) is 27.2 Å². The first kappa shape index (κ1) is 71.7. The van der Waals surface area contributed by atoms with Gasteiger partial charge in [0, 0.05) is 6.42 Å². The Balaban J connectivity index is 3.87. The number of amides is 1. The van der Waals surface area contributed by atoms with Crippen molar-refractivity contribution in [3.63, 3.8) is 0 Å². The molecule has 0 aromatic rings. The molecule has 0 aliphatic rings. The average molecular weight is 1050 g/mol. The van der Waals surface area contributed by atoms with E-state index >= 15 is 0 Å². The zero-order valence-corrected chi connectivity index (χ0v) is 50.3. The number of phosphoric acid groups is 1. The monoisotopic (exact) mass is 1050 g/mol. The molecule has 0 radical (unpaired) electrons. The molecule has 0 aromatic heterocycles. The Hall–Kier alpha value is -1.28. The van der Waals surface area contributed by atoms with Gasteiger partial charge >= 0.3 is 0 Å². The van der Waals surface area contributed by atoms with Gasteiger partial charge in [-0.05, 0) is 51.4 Å². The van der Waals surface area contributed by atoms with E-state index in [0.717, 1.165) is 44.9 Å². The smallest absolute Gasteiger partial charge is 0.268 e. The van der Waals surface area contributed by atoms with Crippen molar-refractivity contribution in [3.8, 4) is 0 Å². The second-order valence-electron chi connectivity index (χ2n) is 23.1. The molecule has 0 aliphatic heterocycles. The molecule has 9 heteroatoms. The molecule has 0 aliphatic carbocycles. The summed E-state index contributed by atoms with van der Waals surface area (Å²) in [6, 6.07) is -0.884. The quantitative estimate of drug-likeness (QED) is 0.0272. The fourth-order valence-corrected chi connectivity index (χ4v) is 10.3. The van der Waals surface area contributed by atoms with Crippen LogP contribution in [0, 0.1) is 0 Å². The van der Waals surface area contributed by atoms with Crippen LogP contribution >= 0.6 is 7.82 Å². The fraction of sp³-hybridized carbons (Fsp3) is 0.891. The molecule has 3 atom stereocenters. The van der Waals surface area contributed by atoms with Crippen molar-refractivity contribution in [2.75, 3.05) is 40.9 Å². The van der Waals surface area contributed by atoms with Crippen LogP contribution in [0.4, 0.5) is 0 Å². The first-order valence-electron chi connectivity index (χ1n) is 31.9. The van der Waals surface area contributed by atoms with Crippen LogP contribution in [0.1, 0.15) is 316 Å². The number of likely N-dealkylation sites (N-methyl/N-ethyl adjacent to an activating group) is 1. The zero-order chi connectivity index (χ0) is 53.5. The van der Waals surface area contributed by atoms with Gasteiger partial charge < -0.3 is 28.8 Å². The minimum Gasteiger partial charge on any atom is -0.756 e. The number of hydrogen-bond donors (Lipinski definition) is 2. The highest BCUT2D eigenvalue weighted by Gasteiger charge is 2.23. The molecule has 8 nitrogen and oxygen atoms in total. The summed E-state index contributed by atoms with van der Waals surface area (Å²) in [6.07, 6.45) is 72.7. The Labute approximate surface area is 455 Å². The van der Waals surface area contributed by atoms with Crippen molar-refractivity contribution in [1.82, 2.24) is 5.32 Å². The van der Waals surface area contributed by atoms with E-state index in [1.54, 1.807) is 6.08 Å². The number of phosphoric ester groups is 1. The topological polar surface area (TPSA) is 108 Å². The van der Waals surface area contributed by atoms with E-state index in [4.69, 9.17) is 9.05 Å². The second-order valence-corrected chi connectivity index (χ2v) is 24.5. The van der Waals surface area contributed by atoms with Gasteiger partial charge in [-0.3, -0.25) is 9.36 Å². The molecule has 0 aromatic carbocycles. The van der Waals surface area contributed by atoms with Crippen LogP contribution in [0.5, 0.6) is 0 Å². The zero-order valence-electron chi connectivity index (χ0n) is 49.4. The lowest BCUT2D eigenvalue weighted by Crippen LogP contribution is -2.45. The molecule has 1 amide bonds. The third-order valence-electron chi connectivity index (χ3n) is 14.6. The summed E-state index contributed by atoms with van der Waals surface area (Å²) in [5.74, 6) is -0.195. The highest BCUT2D eigenvalue weighted by atomic mass is 31.2. The highest BCUT2D eigenvalue weighted by molar-refractivity contribution is 7.45. The predicted molar refractivity (Wildman–Crippen MR) is 316 cm³/mol.